The number of hydrogen-bond acceptors (Lipinski definition) is 4. The zero-order valence-corrected chi connectivity index (χ0v) is 18.4. The number of amides is 2. The van der Waals surface area contributed by atoms with Crippen molar-refractivity contribution in [3.05, 3.63) is 58.3 Å². The van der Waals surface area contributed by atoms with Crippen LogP contribution in [-0.4, -0.2) is 33.5 Å². The Labute approximate surface area is 188 Å². The lowest BCUT2D eigenvalue weighted by Crippen LogP contribution is -2.36. The lowest BCUT2D eigenvalue weighted by atomic mass is 10.0. The van der Waals surface area contributed by atoms with Crippen LogP contribution in [0.1, 0.15) is 58.8 Å². The summed E-state index contributed by atoms with van der Waals surface area (Å²) in [6.45, 7) is 2.12. The van der Waals surface area contributed by atoms with Crippen LogP contribution >= 0.6 is 11.6 Å². The number of pyridine rings is 1. The summed E-state index contributed by atoms with van der Waals surface area (Å²) >= 11 is 6.08. The minimum Gasteiger partial charge on any atom is -0.490 e. The van der Waals surface area contributed by atoms with Crippen LogP contribution in [0, 0.1) is 5.82 Å². The number of hydrogen-bond donors (Lipinski definition) is 2. The number of aromatic nitrogens is 2. The third-order valence-corrected chi connectivity index (χ3v) is 6.44. The van der Waals surface area contributed by atoms with Crippen molar-refractivity contribution in [1.82, 2.24) is 20.2 Å². The van der Waals surface area contributed by atoms with Crippen molar-refractivity contribution in [2.75, 3.05) is 6.61 Å². The van der Waals surface area contributed by atoms with Crippen LogP contribution in [0.3, 0.4) is 0 Å². The zero-order chi connectivity index (χ0) is 22.6. The van der Waals surface area contributed by atoms with Crippen LogP contribution in [0.25, 0.3) is 10.9 Å². The van der Waals surface area contributed by atoms with Crippen molar-refractivity contribution in [2.45, 2.75) is 37.8 Å². The second kappa shape index (κ2) is 7.48. The molecule has 0 radical (unpaired) electrons. The largest absolute Gasteiger partial charge is 0.490 e. The molecule has 2 amide bonds. The van der Waals surface area contributed by atoms with Crippen LogP contribution in [0.2, 0.25) is 5.02 Å². The molecule has 5 rings (SSSR count). The fourth-order valence-electron chi connectivity index (χ4n) is 4.02. The molecule has 0 saturated heterocycles. The first-order valence-corrected chi connectivity index (χ1v) is 10.8. The number of carbonyl (C=O) groups is 2. The van der Waals surface area contributed by atoms with E-state index in [0.29, 0.717) is 22.7 Å². The third-order valence-electron chi connectivity index (χ3n) is 6.21. The first-order chi connectivity index (χ1) is 15.3. The highest BCUT2D eigenvalue weighted by Crippen LogP contribution is 2.37. The molecule has 2 aromatic heterocycles. The van der Waals surface area contributed by atoms with E-state index in [1.165, 1.54) is 6.20 Å². The number of rotatable bonds is 4. The lowest BCUT2D eigenvalue weighted by molar-refractivity contribution is 0.0903. The van der Waals surface area contributed by atoms with E-state index in [1.54, 1.807) is 29.8 Å². The number of fused-ring (bicyclic) bond motifs is 2. The minimum absolute atomic E-state index is 0.0357. The standard InChI is InChI=1S/C23H22ClFN4O3/c1-23(6-7-23)28-22(31)19-18(25)20-14(11-26-19)15(5-8-32-20)27-21(30)17-9-12-3-4-13(24)10-16(12)29(17)2/h3-4,9-11,15H,5-8H2,1-2H3,(H,27,30)(H,28,31)/t15-/m1/s1. The van der Waals surface area contributed by atoms with E-state index in [1.807, 2.05) is 13.0 Å². The van der Waals surface area contributed by atoms with Crippen molar-refractivity contribution < 1.29 is 18.7 Å². The van der Waals surface area contributed by atoms with E-state index in [-0.39, 0.29) is 29.5 Å². The molecular formula is C23H22ClFN4O3. The number of ether oxygens (including phenoxy) is 1. The van der Waals surface area contributed by atoms with Crippen LogP contribution in [0.4, 0.5) is 4.39 Å². The van der Waals surface area contributed by atoms with Crippen LogP contribution in [-0.2, 0) is 7.05 Å². The van der Waals surface area contributed by atoms with E-state index in [2.05, 4.69) is 15.6 Å². The predicted molar refractivity (Wildman–Crippen MR) is 118 cm³/mol. The van der Waals surface area contributed by atoms with Gasteiger partial charge in [-0.3, -0.25) is 9.59 Å². The van der Waals surface area contributed by atoms with Gasteiger partial charge in [0, 0.05) is 46.7 Å². The number of carbonyl (C=O) groups excluding carboxylic acids is 2. The quantitative estimate of drug-likeness (QED) is 0.623. The van der Waals surface area contributed by atoms with Crippen LogP contribution in [0.15, 0.2) is 30.5 Å². The molecule has 9 heteroatoms. The number of benzene rings is 1. The van der Waals surface area contributed by atoms with E-state index < -0.39 is 17.8 Å². The lowest BCUT2D eigenvalue weighted by Gasteiger charge is -2.27. The Bertz CT molecular complexity index is 1270. The number of nitrogens with one attached hydrogen (secondary N) is 2. The average molecular weight is 457 g/mol. The van der Waals surface area contributed by atoms with Crippen molar-refractivity contribution in [3.63, 3.8) is 0 Å². The molecule has 2 N–H and O–H groups in total. The maximum atomic E-state index is 15.1. The highest BCUT2D eigenvalue weighted by atomic mass is 35.5. The molecule has 2 aliphatic rings. The Hall–Kier alpha value is -3.13. The summed E-state index contributed by atoms with van der Waals surface area (Å²) in [7, 11) is 1.79. The van der Waals surface area contributed by atoms with Crippen molar-refractivity contribution in [1.29, 1.82) is 0 Å². The van der Waals surface area contributed by atoms with E-state index in [0.717, 1.165) is 23.7 Å². The predicted octanol–water partition coefficient (Wildman–Crippen LogP) is 3.90. The van der Waals surface area contributed by atoms with Gasteiger partial charge in [-0.1, -0.05) is 17.7 Å². The van der Waals surface area contributed by atoms with Crippen molar-refractivity contribution in [3.8, 4) is 5.75 Å². The van der Waals surface area contributed by atoms with Gasteiger partial charge in [-0.2, -0.15) is 0 Å². The maximum Gasteiger partial charge on any atom is 0.273 e. The minimum atomic E-state index is -0.803. The fourth-order valence-corrected chi connectivity index (χ4v) is 4.19. The van der Waals surface area contributed by atoms with Gasteiger partial charge in [0.25, 0.3) is 11.8 Å². The van der Waals surface area contributed by atoms with Gasteiger partial charge in [0.1, 0.15) is 5.69 Å². The summed E-state index contributed by atoms with van der Waals surface area (Å²) in [6.07, 6.45) is 3.58. The smallest absolute Gasteiger partial charge is 0.273 e. The Kier molecular flexibility index (Phi) is 4.85. The molecule has 1 aliphatic carbocycles. The highest BCUT2D eigenvalue weighted by molar-refractivity contribution is 6.31. The molecule has 32 heavy (non-hydrogen) atoms. The third kappa shape index (κ3) is 3.58. The van der Waals surface area contributed by atoms with E-state index in [9.17, 15) is 9.59 Å². The maximum absolute atomic E-state index is 15.1. The summed E-state index contributed by atoms with van der Waals surface area (Å²) in [5.41, 5.74) is 1.12. The normalized spacial score (nSPS) is 18.6. The molecule has 3 heterocycles. The summed E-state index contributed by atoms with van der Waals surface area (Å²) in [6, 6.07) is 6.71. The fraction of sp³-hybridized carbons (Fsp3) is 0.348. The average Bonchev–Trinajstić information content (AvgIpc) is 3.39. The Morgan fingerprint density at radius 2 is 2.06 bits per heavy atom. The molecule has 0 spiro atoms. The van der Waals surface area contributed by atoms with Crippen LogP contribution < -0.4 is 15.4 Å². The van der Waals surface area contributed by atoms with Gasteiger partial charge in [-0.25, -0.2) is 9.37 Å². The summed E-state index contributed by atoms with van der Waals surface area (Å²) in [5, 5.41) is 7.23. The van der Waals surface area contributed by atoms with E-state index in [4.69, 9.17) is 16.3 Å². The van der Waals surface area contributed by atoms with Gasteiger partial charge in [-0.15, -0.1) is 0 Å². The molecule has 0 bridgehead atoms. The molecule has 1 aromatic carbocycles. The summed E-state index contributed by atoms with van der Waals surface area (Å²) < 4.78 is 22.4. The zero-order valence-electron chi connectivity index (χ0n) is 17.7. The van der Waals surface area contributed by atoms with Gasteiger partial charge in [0.05, 0.1) is 12.6 Å². The SMILES string of the molecule is Cn1c(C(=O)N[C@@H]2CCOc3c2cnc(C(=O)NC2(C)CC2)c3F)cc2ccc(Cl)cc21. The van der Waals surface area contributed by atoms with Gasteiger partial charge in [0.15, 0.2) is 17.3 Å². The van der Waals surface area contributed by atoms with E-state index >= 15 is 4.39 Å². The molecule has 1 fully saturated rings. The summed E-state index contributed by atoms with van der Waals surface area (Å²) in [5.74, 6) is -1.70. The molecule has 1 saturated carbocycles. The Morgan fingerprint density at radius 3 is 2.81 bits per heavy atom. The second-order valence-corrected chi connectivity index (χ2v) is 9.11. The Balaban J connectivity index is 1.41. The Morgan fingerprint density at radius 1 is 1.28 bits per heavy atom. The van der Waals surface area contributed by atoms with Crippen LogP contribution in [0.5, 0.6) is 5.75 Å². The molecule has 1 aliphatic heterocycles. The molecule has 166 valence electrons. The van der Waals surface area contributed by atoms with Crippen molar-refractivity contribution in [2.24, 2.45) is 7.05 Å². The number of aryl methyl sites for hydroxylation is 1. The molecule has 3 aromatic rings. The highest BCUT2D eigenvalue weighted by Gasteiger charge is 2.40. The molecule has 0 unspecified atom stereocenters. The first kappa shape index (κ1) is 20.8. The first-order valence-electron chi connectivity index (χ1n) is 10.5. The van der Waals surface area contributed by atoms with Crippen molar-refractivity contribution >= 4 is 34.3 Å². The molecular weight excluding hydrogens is 435 g/mol. The number of nitrogens with zero attached hydrogens (tertiary/aromatic N) is 2. The van der Waals surface area contributed by atoms with Gasteiger partial charge in [-0.05, 0) is 38.0 Å². The van der Waals surface area contributed by atoms with Gasteiger partial charge < -0.3 is 19.9 Å². The molecule has 1 atom stereocenters. The van der Waals surface area contributed by atoms with Gasteiger partial charge >= 0.3 is 0 Å². The number of halogens is 2. The monoisotopic (exact) mass is 456 g/mol. The summed E-state index contributed by atoms with van der Waals surface area (Å²) in [4.78, 5) is 29.5. The van der Waals surface area contributed by atoms with Gasteiger partial charge in [0.2, 0.25) is 0 Å². The molecule has 7 nitrogen and oxygen atoms in total. The second-order valence-electron chi connectivity index (χ2n) is 8.67. The topological polar surface area (TPSA) is 85.2 Å².